The van der Waals surface area contributed by atoms with Crippen LogP contribution in [0.15, 0.2) is 14.7 Å². The molecule has 102 valence electrons. The molecule has 0 aliphatic heterocycles. The lowest BCUT2D eigenvalue weighted by Gasteiger charge is -2.11. The minimum Gasteiger partial charge on any atom is -0.411 e. The Hall–Kier alpha value is -1.89. The number of aryl methyl sites for hydroxylation is 2. The number of aromatic nitrogens is 2. The molecule has 0 fully saturated rings. The molecule has 0 amide bonds. The van der Waals surface area contributed by atoms with Crippen molar-refractivity contribution in [2.75, 3.05) is 0 Å². The highest BCUT2D eigenvalue weighted by atomic mass is 32.1. The van der Waals surface area contributed by atoms with Crippen molar-refractivity contribution in [1.82, 2.24) is 9.13 Å². The van der Waals surface area contributed by atoms with Gasteiger partial charge in [0, 0.05) is 13.1 Å². The van der Waals surface area contributed by atoms with Crippen molar-refractivity contribution < 1.29 is 5.21 Å². The van der Waals surface area contributed by atoms with Gasteiger partial charge in [-0.3, -0.25) is 13.9 Å². The van der Waals surface area contributed by atoms with Crippen LogP contribution in [0.5, 0.6) is 0 Å². The van der Waals surface area contributed by atoms with Crippen LogP contribution in [0.4, 0.5) is 0 Å². The van der Waals surface area contributed by atoms with Crippen LogP contribution in [0.3, 0.4) is 0 Å². The Balaban J connectivity index is 3.05. The van der Waals surface area contributed by atoms with Crippen LogP contribution >= 0.6 is 11.3 Å². The third-order valence-corrected chi connectivity index (χ3v) is 4.39. The molecule has 0 aliphatic carbocycles. The predicted octanol–water partition coefficient (Wildman–Crippen LogP) is 1.46. The number of rotatable bonds is 2. The standard InChI is InChI=1S/C12H15N3O3S/c1-6(2)15-10(16)9-7(3)8(5-13-18)19-11(9)14(4)12(15)17/h5-6,18H,1-4H3. The highest BCUT2D eigenvalue weighted by Gasteiger charge is 2.18. The van der Waals surface area contributed by atoms with Crippen molar-refractivity contribution in [3.8, 4) is 0 Å². The molecular formula is C12H15N3O3S. The van der Waals surface area contributed by atoms with Crippen LogP contribution in [-0.4, -0.2) is 20.6 Å². The van der Waals surface area contributed by atoms with Gasteiger partial charge in [0.2, 0.25) is 0 Å². The zero-order valence-corrected chi connectivity index (χ0v) is 12.0. The van der Waals surface area contributed by atoms with E-state index in [2.05, 4.69) is 5.16 Å². The summed E-state index contributed by atoms with van der Waals surface area (Å²) in [5.74, 6) is 0. The first-order chi connectivity index (χ1) is 8.90. The summed E-state index contributed by atoms with van der Waals surface area (Å²) < 4.78 is 2.70. The van der Waals surface area contributed by atoms with E-state index in [1.807, 2.05) is 0 Å². The van der Waals surface area contributed by atoms with Crippen LogP contribution < -0.4 is 11.2 Å². The Bertz CT molecular complexity index is 780. The molecule has 0 radical (unpaired) electrons. The van der Waals surface area contributed by atoms with Gasteiger partial charge < -0.3 is 5.21 Å². The van der Waals surface area contributed by atoms with E-state index in [4.69, 9.17) is 5.21 Å². The molecule has 0 bridgehead atoms. The second-order valence-corrected chi connectivity index (χ2v) is 5.66. The Kier molecular flexibility index (Phi) is 3.32. The number of hydrogen-bond acceptors (Lipinski definition) is 5. The largest absolute Gasteiger partial charge is 0.411 e. The molecule has 19 heavy (non-hydrogen) atoms. The molecule has 0 spiro atoms. The maximum atomic E-state index is 12.4. The van der Waals surface area contributed by atoms with Gasteiger partial charge in [0.1, 0.15) is 4.83 Å². The lowest BCUT2D eigenvalue weighted by atomic mass is 10.2. The average molecular weight is 281 g/mol. The third kappa shape index (κ3) is 1.90. The van der Waals surface area contributed by atoms with Gasteiger partial charge in [0.05, 0.1) is 16.5 Å². The Morgan fingerprint density at radius 1 is 1.37 bits per heavy atom. The summed E-state index contributed by atoms with van der Waals surface area (Å²) in [6.45, 7) is 5.38. The van der Waals surface area contributed by atoms with Crippen molar-refractivity contribution in [2.45, 2.75) is 26.8 Å². The maximum Gasteiger partial charge on any atom is 0.332 e. The number of hydrogen-bond donors (Lipinski definition) is 1. The van der Waals surface area contributed by atoms with Gasteiger partial charge in [-0.25, -0.2) is 4.79 Å². The second-order valence-electron chi connectivity index (χ2n) is 4.63. The monoisotopic (exact) mass is 281 g/mol. The summed E-state index contributed by atoms with van der Waals surface area (Å²) >= 11 is 1.26. The predicted molar refractivity (Wildman–Crippen MR) is 75.8 cm³/mol. The van der Waals surface area contributed by atoms with Crippen LogP contribution in [0.1, 0.15) is 30.3 Å². The summed E-state index contributed by atoms with van der Waals surface area (Å²) in [4.78, 5) is 25.9. The van der Waals surface area contributed by atoms with Gasteiger partial charge in [0.25, 0.3) is 5.56 Å². The molecule has 0 aromatic carbocycles. The van der Waals surface area contributed by atoms with Crippen molar-refractivity contribution in [3.63, 3.8) is 0 Å². The topological polar surface area (TPSA) is 76.6 Å². The molecule has 2 aromatic heterocycles. The van der Waals surface area contributed by atoms with E-state index >= 15 is 0 Å². The molecule has 6 nitrogen and oxygen atoms in total. The van der Waals surface area contributed by atoms with Crippen molar-refractivity contribution in [3.05, 3.63) is 31.3 Å². The van der Waals surface area contributed by atoms with E-state index in [9.17, 15) is 9.59 Å². The quantitative estimate of drug-likeness (QED) is 0.514. The molecule has 2 rings (SSSR count). The zero-order valence-electron chi connectivity index (χ0n) is 11.2. The first kappa shape index (κ1) is 13.5. The second kappa shape index (κ2) is 4.65. The molecule has 0 unspecified atom stereocenters. The highest BCUT2D eigenvalue weighted by molar-refractivity contribution is 7.20. The van der Waals surface area contributed by atoms with E-state index in [0.29, 0.717) is 15.1 Å². The van der Waals surface area contributed by atoms with Gasteiger partial charge in [-0.15, -0.1) is 11.3 Å². The van der Waals surface area contributed by atoms with Gasteiger partial charge in [-0.05, 0) is 26.3 Å². The Labute approximate surface area is 113 Å². The molecule has 0 saturated heterocycles. The molecular weight excluding hydrogens is 266 g/mol. The fourth-order valence-electron chi connectivity index (χ4n) is 2.09. The molecule has 0 aliphatic rings. The minimum atomic E-state index is -0.332. The van der Waals surface area contributed by atoms with Gasteiger partial charge >= 0.3 is 5.69 Å². The zero-order chi connectivity index (χ0) is 14.3. The van der Waals surface area contributed by atoms with Crippen molar-refractivity contribution in [2.24, 2.45) is 12.2 Å². The van der Waals surface area contributed by atoms with Gasteiger partial charge in [0.15, 0.2) is 0 Å². The van der Waals surface area contributed by atoms with Gasteiger partial charge in [-0.1, -0.05) is 5.16 Å². The molecule has 7 heteroatoms. The molecule has 0 atom stereocenters. The first-order valence-electron chi connectivity index (χ1n) is 5.82. The number of oxime groups is 1. The normalized spacial score (nSPS) is 12.1. The fraction of sp³-hybridized carbons (Fsp3) is 0.417. The number of fused-ring (bicyclic) bond motifs is 1. The number of nitrogens with zero attached hydrogens (tertiary/aromatic N) is 3. The average Bonchev–Trinajstić information content (AvgIpc) is 2.65. The summed E-state index contributed by atoms with van der Waals surface area (Å²) in [5.41, 5.74) is 0.105. The fourth-order valence-corrected chi connectivity index (χ4v) is 3.21. The van der Waals surface area contributed by atoms with Gasteiger partial charge in [-0.2, -0.15) is 0 Å². The summed E-state index contributed by atoms with van der Waals surface area (Å²) in [6.07, 6.45) is 1.28. The highest BCUT2D eigenvalue weighted by Crippen LogP contribution is 2.26. The van der Waals surface area contributed by atoms with Crippen molar-refractivity contribution >= 4 is 27.8 Å². The molecule has 1 N–H and O–H groups in total. The maximum absolute atomic E-state index is 12.4. The number of thiophene rings is 1. The van der Waals surface area contributed by atoms with E-state index in [1.54, 1.807) is 27.8 Å². The molecule has 2 heterocycles. The Morgan fingerprint density at radius 3 is 2.53 bits per heavy atom. The smallest absolute Gasteiger partial charge is 0.332 e. The van der Waals surface area contributed by atoms with Crippen molar-refractivity contribution in [1.29, 1.82) is 0 Å². The SMILES string of the molecule is Cc1c(C=NO)sc2c1c(=O)n(C(C)C)c(=O)n2C. The van der Waals surface area contributed by atoms with E-state index in [-0.39, 0.29) is 17.3 Å². The van der Waals surface area contributed by atoms with E-state index in [1.165, 1.54) is 26.7 Å². The Morgan fingerprint density at radius 2 is 2.00 bits per heavy atom. The molecule has 2 aromatic rings. The summed E-state index contributed by atoms with van der Waals surface area (Å²) in [5, 5.41) is 12.1. The first-order valence-corrected chi connectivity index (χ1v) is 6.63. The summed E-state index contributed by atoms with van der Waals surface area (Å²) in [7, 11) is 1.64. The van der Waals surface area contributed by atoms with Crippen LogP contribution in [0.25, 0.3) is 10.2 Å². The third-order valence-electron chi connectivity index (χ3n) is 3.09. The van der Waals surface area contributed by atoms with Crippen LogP contribution in [0, 0.1) is 6.92 Å². The van der Waals surface area contributed by atoms with Crippen LogP contribution in [-0.2, 0) is 7.05 Å². The minimum absolute atomic E-state index is 0.204. The lowest BCUT2D eigenvalue weighted by Crippen LogP contribution is -2.39. The molecule has 0 saturated carbocycles. The lowest BCUT2D eigenvalue weighted by molar-refractivity contribution is 0.322. The van der Waals surface area contributed by atoms with E-state index < -0.39 is 0 Å². The summed E-state index contributed by atoms with van der Waals surface area (Å²) in [6, 6.07) is -0.204. The van der Waals surface area contributed by atoms with E-state index in [0.717, 1.165) is 5.56 Å². The van der Waals surface area contributed by atoms with Crippen LogP contribution in [0.2, 0.25) is 0 Å².